The highest BCUT2D eigenvalue weighted by Crippen LogP contribution is 2.30. The van der Waals surface area contributed by atoms with Gasteiger partial charge in [0.2, 0.25) is 0 Å². The maximum Gasteiger partial charge on any atom is 0.187 e. The predicted octanol–water partition coefficient (Wildman–Crippen LogP) is 5.17. The fraction of sp³-hybridized carbons (Fsp3) is 0.0667. The number of hydrogen-bond donors (Lipinski definition) is 1. The third-order valence-corrected chi connectivity index (χ3v) is 3.87. The van der Waals surface area contributed by atoms with Crippen LogP contribution in [0.2, 0.25) is 5.15 Å². The van der Waals surface area contributed by atoms with Crippen molar-refractivity contribution in [2.24, 2.45) is 0 Å². The summed E-state index contributed by atoms with van der Waals surface area (Å²) in [7, 11) is 1.50. The molecule has 0 aliphatic carbocycles. The molecule has 0 aliphatic heterocycles. The molecular formula is C15H12Cl2FN3OS. The summed E-state index contributed by atoms with van der Waals surface area (Å²) in [6.07, 6.45) is 1.62. The van der Waals surface area contributed by atoms with Crippen molar-refractivity contribution in [3.63, 3.8) is 0 Å². The van der Waals surface area contributed by atoms with E-state index in [1.807, 2.05) is 11.4 Å². The lowest BCUT2D eigenvalue weighted by Gasteiger charge is -2.03. The number of anilines is 2. The van der Waals surface area contributed by atoms with Gasteiger partial charge >= 0.3 is 0 Å². The van der Waals surface area contributed by atoms with Gasteiger partial charge in [0, 0.05) is 17.0 Å². The number of benzene rings is 1. The molecule has 0 saturated heterocycles. The van der Waals surface area contributed by atoms with Gasteiger partial charge in [-0.25, -0.2) is 14.4 Å². The quantitative estimate of drug-likeness (QED) is 0.642. The molecule has 4 nitrogen and oxygen atoms in total. The number of ether oxygens (including phenoxy) is 1. The molecule has 0 saturated carbocycles. The minimum atomic E-state index is -0.362. The standard InChI is InChI=1S/C15H11ClFN3OS.ClH/c1-21-12-5-9(4-10(17)6-12)13-8-22-15(20-13)19-11-2-3-14(16)18-7-11;/h2-8H,1H3,(H,19,20);1H. The average molecular weight is 372 g/mol. The molecule has 3 rings (SSSR count). The Morgan fingerprint density at radius 3 is 2.78 bits per heavy atom. The third kappa shape index (κ3) is 4.31. The van der Waals surface area contributed by atoms with Crippen LogP contribution in [0.5, 0.6) is 5.75 Å². The van der Waals surface area contributed by atoms with Crippen LogP contribution in [-0.4, -0.2) is 17.1 Å². The second-order valence-electron chi connectivity index (χ2n) is 4.41. The molecule has 1 aromatic carbocycles. The van der Waals surface area contributed by atoms with E-state index < -0.39 is 0 Å². The molecule has 0 atom stereocenters. The SMILES string of the molecule is COc1cc(F)cc(-c2csc(Nc3ccc(Cl)nc3)n2)c1.Cl. The number of rotatable bonds is 4. The first-order valence-corrected chi connectivity index (χ1v) is 7.59. The van der Waals surface area contributed by atoms with Crippen molar-refractivity contribution in [1.29, 1.82) is 0 Å². The maximum atomic E-state index is 13.6. The van der Waals surface area contributed by atoms with Crippen molar-refractivity contribution < 1.29 is 9.13 Å². The van der Waals surface area contributed by atoms with Gasteiger partial charge in [-0.15, -0.1) is 23.7 Å². The van der Waals surface area contributed by atoms with Crippen molar-refractivity contribution in [2.45, 2.75) is 0 Å². The Bertz CT molecular complexity index is 796. The van der Waals surface area contributed by atoms with Crippen LogP contribution in [0.3, 0.4) is 0 Å². The van der Waals surface area contributed by atoms with Gasteiger partial charge < -0.3 is 10.1 Å². The normalized spacial score (nSPS) is 10.0. The molecule has 0 fully saturated rings. The summed E-state index contributed by atoms with van der Waals surface area (Å²) >= 11 is 7.16. The number of pyridine rings is 1. The van der Waals surface area contributed by atoms with Gasteiger partial charge in [-0.2, -0.15) is 0 Å². The first-order valence-electron chi connectivity index (χ1n) is 6.33. The van der Waals surface area contributed by atoms with E-state index in [4.69, 9.17) is 16.3 Å². The summed E-state index contributed by atoms with van der Waals surface area (Å²) in [4.78, 5) is 8.43. The van der Waals surface area contributed by atoms with E-state index in [-0.39, 0.29) is 18.2 Å². The summed E-state index contributed by atoms with van der Waals surface area (Å²) in [5.41, 5.74) is 2.12. The minimum Gasteiger partial charge on any atom is -0.497 e. The van der Waals surface area contributed by atoms with Gasteiger partial charge in [0.1, 0.15) is 16.7 Å². The number of aromatic nitrogens is 2. The van der Waals surface area contributed by atoms with E-state index in [1.54, 1.807) is 18.3 Å². The lowest BCUT2D eigenvalue weighted by Crippen LogP contribution is -1.91. The summed E-state index contributed by atoms with van der Waals surface area (Å²) in [6.45, 7) is 0. The first kappa shape index (κ1) is 17.5. The number of nitrogens with zero attached hydrogens (tertiary/aromatic N) is 2. The summed E-state index contributed by atoms with van der Waals surface area (Å²) < 4.78 is 18.6. The number of nitrogens with one attached hydrogen (secondary N) is 1. The van der Waals surface area contributed by atoms with Gasteiger partial charge in [0.25, 0.3) is 0 Å². The van der Waals surface area contributed by atoms with Gasteiger partial charge in [-0.3, -0.25) is 0 Å². The van der Waals surface area contributed by atoms with E-state index in [0.29, 0.717) is 27.3 Å². The predicted molar refractivity (Wildman–Crippen MR) is 93.8 cm³/mol. The monoisotopic (exact) mass is 371 g/mol. The van der Waals surface area contributed by atoms with Crippen LogP contribution >= 0.6 is 35.3 Å². The lowest BCUT2D eigenvalue weighted by molar-refractivity contribution is 0.411. The van der Waals surface area contributed by atoms with Crippen LogP contribution in [0.25, 0.3) is 11.3 Å². The van der Waals surface area contributed by atoms with Crippen LogP contribution in [0.15, 0.2) is 41.9 Å². The molecule has 2 heterocycles. The fourth-order valence-electron chi connectivity index (χ4n) is 1.87. The third-order valence-electron chi connectivity index (χ3n) is 2.89. The Labute approximate surface area is 147 Å². The molecule has 3 aromatic rings. The molecule has 0 aliphatic rings. The van der Waals surface area contributed by atoms with E-state index in [9.17, 15) is 4.39 Å². The Hall–Kier alpha value is -1.89. The zero-order valence-corrected chi connectivity index (χ0v) is 14.3. The zero-order chi connectivity index (χ0) is 15.5. The Morgan fingerprint density at radius 2 is 2.09 bits per heavy atom. The highest BCUT2D eigenvalue weighted by Gasteiger charge is 2.08. The molecule has 0 amide bonds. The van der Waals surface area contributed by atoms with Gasteiger partial charge in [-0.05, 0) is 24.3 Å². The van der Waals surface area contributed by atoms with Crippen LogP contribution < -0.4 is 10.1 Å². The Balaban J connectivity index is 0.00000192. The second kappa shape index (κ2) is 7.59. The van der Waals surface area contributed by atoms with Gasteiger partial charge in [-0.1, -0.05) is 11.6 Å². The van der Waals surface area contributed by atoms with Crippen molar-refractivity contribution in [1.82, 2.24) is 9.97 Å². The molecule has 0 bridgehead atoms. The largest absolute Gasteiger partial charge is 0.497 e. The molecule has 0 spiro atoms. The van der Waals surface area contributed by atoms with E-state index in [1.165, 1.54) is 30.6 Å². The van der Waals surface area contributed by atoms with Crippen LogP contribution in [0, 0.1) is 5.82 Å². The van der Waals surface area contributed by atoms with Gasteiger partial charge in [0.05, 0.1) is 24.7 Å². The van der Waals surface area contributed by atoms with E-state index in [2.05, 4.69) is 15.3 Å². The second-order valence-corrected chi connectivity index (χ2v) is 5.66. The number of methoxy groups -OCH3 is 1. The fourth-order valence-corrected chi connectivity index (χ4v) is 2.72. The lowest BCUT2D eigenvalue weighted by atomic mass is 10.1. The van der Waals surface area contributed by atoms with E-state index >= 15 is 0 Å². The summed E-state index contributed by atoms with van der Waals surface area (Å²) in [6, 6.07) is 7.99. The molecule has 2 aromatic heterocycles. The first-order chi connectivity index (χ1) is 10.6. The zero-order valence-electron chi connectivity index (χ0n) is 11.9. The molecular weight excluding hydrogens is 360 g/mol. The van der Waals surface area contributed by atoms with Gasteiger partial charge in [0.15, 0.2) is 5.13 Å². The van der Waals surface area contributed by atoms with Crippen molar-refractivity contribution in [2.75, 3.05) is 12.4 Å². The van der Waals surface area contributed by atoms with E-state index in [0.717, 1.165) is 5.69 Å². The molecule has 120 valence electrons. The molecule has 1 N–H and O–H groups in total. The van der Waals surface area contributed by atoms with Crippen LogP contribution in [0.1, 0.15) is 0 Å². The van der Waals surface area contributed by atoms with Crippen molar-refractivity contribution in [3.05, 3.63) is 52.9 Å². The van der Waals surface area contributed by atoms with Crippen LogP contribution in [-0.2, 0) is 0 Å². The van der Waals surface area contributed by atoms with Crippen LogP contribution in [0.4, 0.5) is 15.2 Å². The number of halogens is 3. The number of hydrogen-bond acceptors (Lipinski definition) is 5. The summed E-state index contributed by atoms with van der Waals surface area (Å²) in [5.74, 6) is 0.0955. The van der Waals surface area contributed by atoms with Crippen molar-refractivity contribution >= 4 is 46.2 Å². The molecule has 0 unspecified atom stereocenters. The maximum absolute atomic E-state index is 13.6. The Kier molecular flexibility index (Phi) is 5.76. The molecule has 8 heteroatoms. The minimum absolute atomic E-state index is 0. The highest BCUT2D eigenvalue weighted by molar-refractivity contribution is 7.14. The smallest absolute Gasteiger partial charge is 0.187 e. The topological polar surface area (TPSA) is 47.0 Å². The Morgan fingerprint density at radius 1 is 1.26 bits per heavy atom. The van der Waals surface area contributed by atoms with Crippen molar-refractivity contribution in [3.8, 4) is 17.0 Å². The molecule has 0 radical (unpaired) electrons. The highest BCUT2D eigenvalue weighted by atomic mass is 35.5. The molecule has 23 heavy (non-hydrogen) atoms. The average Bonchev–Trinajstić information content (AvgIpc) is 2.97. The summed E-state index contributed by atoms with van der Waals surface area (Å²) in [5, 5.41) is 6.08. The number of thiazole rings is 1.